The van der Waals surface area contributed by atoms with Gasteiger partial charge in [-0.2, -0.15) is 0 Å². The number of halogens is 1. The average Bonchev–Trinajstić information content (AvgIpc) is 2.36. The SMILES string of the molecule is O=C(C[N+]12CC3CC(CN(C3)C1)C2)c1cccc(Br)c1. The molecule has 4 saturated heterocycles. The number of quaternary nitrogens is 1. The molecular weight excluding hydrogens is 316 g/mol. The smallest absolute Gasteiger partial charge is 0.217 e. The van der Waals surface area contributed by atoms with Crippen LogP contribution in [0.1, 0.15) is 16.8 Å². The molecule has 4 heteroatoms. The molecule has 4 fully saturated rings. The van der Waals surface area contributed by atoms with Crippen molar-refractivity contribution in [3.8, 4) is 0 Å². The molecule has 1 aromatic carbocycles. The van der Waals surface area contributed by atoms with Crippen molar-refractivity contribution in [2.75, 3.05) is 39.4 Å². The number of piperidine rings is 2. The second kappa shape index (κ2) is 4.65. The van der Waals surface area contributed by atoms with Gasteiger partial charge in [-0.3, -0.25) is 9.69 Å². The van der Waals surface area contributed by atoms with Crippen molar-refractivity contribution in [2.45, 2.75) is 6.42 Å². The second-order valence-corrected chi connectivity index (χ2v) is 7.86. The average molecular weight is 336 g/mol. The number of carbonyl (C=O) groups excluding carboxylic acids is 1. The van der Waals surface area contributed by atoms with Gasteiger partial charge in [-0.25, -0.2) is 0 Å². The number of nitrogens with zero attached hydrogens (tertiary/aromatic N) is 2. The summed E-state index contributed by atoms with van der Waals surface area (Å²) in [5.74, 6) is 1.95. The van der Waals surface area contributed by atoms with Gasteiger partial charge in [-0.15, -0.1) is 0 Å². The van der Waals surface area contributed by atoms with Crippen molar-refractivity contribution in [1.82, 2.24) is 4.90 Å². The summed E-state index contributed by atoms with van der Waals surface area (Å²) in [6, 6.07) is 7.82. The Labute approximate surface area is 128 Å². The van der Waals surface area contributed by atoms with Crippen molar-refractivity contribution >= 4 is 21.7 Å². The molecule has 2 unspecified atom stereocenters. The Balaban J connectivity index is 1.55. The zero-order valence-corrected chi connectivity index (χ0v) is 13.2. The molecule has 0 amide bonds. The summed E-state index contributed by atoms with van der Waals surface area (Å²) in [6.45, 7) is 6.73. The van der Waals surface area contributed by atoms with E-state index in [9.17, 15) is 4.79 Å². The first-order valence-electron chi connectivity index (χ1n) is 7.48. The number of hydrogen-bond acceptors (Lipinski definition) is 2. The number of Topliss-reactive ketones (excluding diaryl/α,β-unsaturated/α-hetero) is 1. The van der Waals surface area contributed by atoms with E-state index in [0.29, 0.717) is 12.3 Å². The normalized spacial score (nSPS) is 38.1. The van der Waals surface area contributed by atoms with Crippen LogP contribution in [0.25, 0.3) is 0 Å². The molecule has 4 aliphatic rings. The maximum atomic E-state index is 12.6. The van der Waals surface area contributed by atoms with E-state index in [-0.39, 0.29) is 0 Å². The van der Waals surface area contributed by atoms with Gasteiger partial charge in [0.15, 0.2) is 0 Å². The highest BCUT2D eigenvalue weighted by Crippen LogP contribution is 2.38. The molecule has 3 nitrogen and oxygen atoms in total. The molecule has 0 spiro atoms. The van der Waals surface area contributed by atoms with Crippen LogP contribution in [0.4, 0.5) is 0 Å². The van der Waals surface area contributed by atoms with E-state index < -0.39 is 0 Å². The Hall–Kier alpha value is -0.710. The first kappa shape index (κ1) is 13.0. The van der Waals surface area contributed by atoms with Gasteiger partial charge in [0, 0.05) is 35.0 Å². The molecule has 5 rings (SSSR count). The summed E-state index contributed by atoms with van der Waals surface area (Å²) in [6.07, 6.45) is 1.39. The molecule has 2 atom stereocenters. The van der Waals surface area contributed by atoms with Crippen LogP contribution in [-0.4, -0.2) is 54.6 Å². The number of hydrogen-bond donors (Lipinski definition) is 0. The summed E-state index contributed by atoms with van der Waals surface area (Å²) < 4.78 is 2.01. The summed E-state index contributed by atoms with van der Waals surface area (Å²) in [7, 11) is 0. The van der Waals surface area contributed by atoms with Crippen LogP contribution in [-0.2, 0) is 0 Å². The fourth-order valence-electron chi connectivity index (χ4n) is 4.75. The Morgan fingerprint density at radius 3 is 2.70 bits per heavy atom. The Morgan fingerprint density at radius 1 is 1.30 bits per heavy atom. The zero-order chi connectivity index (χ0) is 13.7. The molecule has 0 N–H and O–H groups in total. The van der Waals surface area contributed by atoms with Gasteiger partial charge in [0.2, 0.25) is 5.78 Å². The molecule has 106 valence electrons. The molecule has 0 radical (unpaired) electrons. The number of ketones is 1. The van der Waals surface area contributed by atoms with E-state index in [2.05, 4.69) is 20.8 Å². The minimum absolute atomic E-state index is 0.300. The standard InChI is InChI=1S/C16H20BrN2O/c17-15-3-1-2-14(5-15)16(20)10-19-8-12-4-13(9-19)7-18(6-12)11-19/h1-3,5,12-13H,4,6-11H2/q+1. The van der Waals surface area contributed by atoms with Gasteiger partial charge in [0.25, 0.3) is 0 Å². The topological polar surface area (TPSA) is 20.3 Å². The van der Waals surface area contributed by atoms with Crippen molar-refractivity contribution in [3.05, 3.63) is 34.3 Å². The predicted octanol–water partition coefficient (Wildman–Crippen LogP) is 2.37. The van der Waals surface area contributed by atoms with Crippen LogP contribution in [0.3, 0.4) is 0 Å². The lowest BCUT2D eigenvalue weighted by atomic mass is 9.80. The number of rotatable bonds is 3. The summed E-state index contributed by atoms with van der Waals surface area (Å²) in [5.41, 5.74) is 0.850. The minimum atomic E-state index is 0.300. The van der Waals surface area contributed by atoms with E-state index in [1.165, 1.54) is 32.6 Å². The molecule has 4 bridgehead atoms. The quantitative estimate of drug-likeness (QED) is 0.624. The van der Waals surface area contributed by atoms with Gasteiger partial charge in [-0.1, -0.05) is 28.1 Å². The van der Waals surface area contributed by atoms with Crippen LogP contribution < -0.4 is 0 Å². The fourth-order valence-corrected chi connectivity index (χ4v) is 5.15. The molecule has 0 aromatic heterocycles. The lowest BCUT2D eigenvalue weighted by Gasteiger charge is -2.58. The first-order valence-corrected chi connectivity index (χ1v) is 8.27. The minimum Gasteiger partial charge on any atom is -0.304 e. The summed E-state index contributed by atoms with van der Waals surface area (Å²) in [4.78, 5) is 15.2. The second-order valence-electron chi connectivity index (χ2n) is 6.94. The third-order valence-corrected chi connectivity index (χ3v) is 5.61. The summed E-state index contributed by atoms with van der Waals surface area (Å²) >= 11 is 3.46. The number of carbonyl (C=O) groups is 1. The largest absolute Gasteiger partial charge is 0.304 e. The van der Waals surface area contributed by atoms with Crippen LogP contribution in [0.5, 0.6) is 0 Å². The fraction of sp³-hybridized carbons (Fsp3) is 0.562. The highest BCUT2D eigenvalue weighted by Gasteiger charge is 2.51. The Bertz CT molecular complexity index is 522. The zero-order valence-electron chi connectivity index (χ0n) is 11.6. The lowest BCUT2D eigenvalue weighted by Crippen LogP contribution is -2.72. The highest BCUT2D eigenvalue weighted by atomic mass is 79.9. The number of benzene rings is 1. The van der Waals surface area contributed by atoms with Crippen LogP contribution in [0, 0.1) is 11.8 Å². The van der Waals surface area contributed by atoms with Crippen molar-refractivity contribution in [2.24, 2.45) is 11.8 Å². The van der Waals surface area contributed by atoms with E-state index >= 15 is 0 Å². The molecule has 1 aromatic rings. The van der Waals surface area contributed by atoms with E-state index in [0.717, 1.165) is 33.0 Å². The monoisotopic (exact) mass is 335 g/mol. The van der Waals surface area contributed by atoms with Crippen LogP contribution >= 0.6 is 15.9 Å². The summed E-state index contributed by atoms with van der Waals surface area (Å²) in [5, 5.41) is 0. The molecule has 4 heterocycles. The van der Waals surface area contributed by atoms with Gasteiger partial charge >= 0.3 is 0 Å². The van der Waals surface area contributed by atoms with Crippen LogP contribution in [0.2, 0.25) is 0 Å². The van der Waals surface area contributed by atoms with E-state index in [1.807, 2.05) is 24.3 Å². The first-order chi connectivity index (χ1) is 9.62. The maximum absolute atomic E-state index is 12.6. The highest BCUT2D eigenvalue weighted by molar-refractivity contribution is 9.10. The third-order valence-electron chi connectivity index (χ3n) is 5.12. The van der Waals surface area contributed by atoms with Crippen molar-refractivity contribution in [1.29, 1.82) is 0 Å². The maximum Gasteiger partial charge on any atom is 0.217 e. The lowest BCUT2D eigenvalue weighted by molar-refractivity contribution is -0.954. The molecular formula is C16H20BrN2O+. The predicted molar refractivity (Wildman–Crippen MR) is 81.4 cm³/mol. The van der Waals surface area contributed by atoms with Gasteiger partial charge in [-0.05, 0) is 18.6 Å². The van der Waals surface area contributed by atoms with Gasteiger partial charge < -0.3 is 4.48 Å². The van der Waals surface area contributed by atoms with Gasteiger partial charge in [0.1, 0.15) is 13.2 Å². The Kier molecular flexibility index (Phi) is 3.02. The van der Waals surface area contributed by atoms with E-state index in [1.54, 1.807) is 0 Å². The molecule has 0 aliphatic carbocycles. The molecule has 20 heavy (non-hydrogen) atoms. The van der Waals surface area contributed by atoms with Crippen molar-refractivity contribution < 1.29 is 9.28 Å². The van der Waals surface area contributed by atoms with Crippen molar-refractivity contribution in [3.63, 3.8) is 0 Å². The molecule has 0 saturated carbocycles. The van der Waals surface area contributed by atoms with Crippen LogP contribution in [0.15, 0.2) is 28.7 Å². The molecule has 4 aliphatic heterocycles. The Morgan fingerprint density at radius 2 is 2.05 bits per heavy atom. The van der Waals surface area contributed by atoms with Gasteiger partial charge in [0.05, 0.1) is 13.1 Å². The van der Waals surface area contributed by atoms with E-state index in [4.69, 9.17) is 0 Å². The third kappa shape index (κ3) is 2.24.